The lowest BCUT2D eigenvalue weighted by Gasteiger charge is -2.07. The summed E-state index contributed by atoms with van der Waals surface area (Å²) in [6.45, 7) is 0.394. The van der Waals surface area contributed by atoms with Gasteiger partial charge in [-0.1, -0.05) is 23.4 Å². The highest BCUT2D eigenvalue weighted by Crippen LogP contribution is 2.19. The molecular formula is C20H19N7O2. The Morgan fingerprint density at radius 3 is 2.72 bits per heavy atom. The highest BCUT2D eigenvalue weighted by Gasteiger charge is 2.18. The lowest BCUT2D eigenvalue weighted by atomic mass is 10.2. The van der Waals surface area contributed by atoms with Crippen molar-refractivity contribution in [1.29, 1.82) is 0 Å². The molecule has 0 saturated carbocycles. The number of nitrogens with zero attached hydrogens (tertiary/aromatic N) is 5. The number of methoxy groups -OCH3 is 1. The number of ether oxygens (including phenoxy) is 1. The van der Waals surface area contributed by atoms with Crippen LogP contribution in [0.15, 0.2) is 67.0 Å². The lowest BCUT2D eigenvalue weighted by molar-refractivity contribution is 0.102. The van der Waals surface area contributed by atoms with Gasteiger partial charge in [-0.05, 0) is 35.9 Å². The third-order valence-electron chi connectivity index (χ3n) is 4.35. The first-order valence-electron chi connectivity index (χ1n) is 8.87. The highest BCUT2D eigenvalue weighted by molar-refractivity contribution is 6.05. The van der Waals surface area contributed by atoms with Gasteiger partial charge in [-0.2, -0.15) is 5.10 Å². The van der Waals surface area contributed by atoms with Gasteiger partial charge in [0.1, 0.15) is 5.75 Å². The Morgan fingerprint density at radius 2 is 2.00 bits per heavy atom. The van der Waals surface area contributed by atoms with Gasteiger partial charge < -0.3 is 15.8 Å². The van der Waals surface area contributed by atoms with E-state index in [-0.39, 0.29) is 11.5 Å². The molecule has 4 rings (SSSR count). The lowest BCUT2D eigenvalue weighted by Crippen LogP contribution is -2.15. The van der Waals surface area contributed by atoms with Crippen LogP contribution in [0.25, 0.3) is 5.69 Å². The molecule has 0 atom stereocenters. The van der Waals surface area contributed by atoms with Crippen molar-refractivity contribution in [3.8, 4) is 11.4 Å². The van der Waals surface area contributed by atoms with Crippen LogP contribution >= 0.6 is 0 Å². The van der Waals surface area contributed by atoms with Crippen LogP contribution in [0.5, 0.6) is 5.75 Å². The smallest absolute Gasteiger partial charge is 0.280 e. The van der Waals surface area contributed by atoms with E-state index < -0.39 is 5.91 Å². The second-order valence-corrected chi connectivity index (χ2v) is 6.28. The molecule has 4 aromatic rings. The largest absolute Gasteiger partial charge is 0.497 e. The average molecular weight is 389 g/mol. The van der Waals surface area contributed by atoms with Gasteiger partial charge in [-0.25, -0.2) is 9.36 Å². The fourth-order valence-corrected chi connectivity index (χ4v) is 2.84. The summed E-state index contributed by atoms with van der Waals surface area (Å²) in [7, 11) is 1.56. The van der Waals surface area contributed by atoms with E-state index in [2.05, 4.69) is 20.7 Å². The van der Waals surface area contributed by atoms with Crippen LogP contribution in [-0.4, -0.2) is 37.8 Å². The predicted octanol–water partition coefficient (Wildman–Crippen LogP) is 2.36. The zero-order valence-electron chi connectivity index (χ0n) is 15.7. The molecule has 0 bridgehead atoms. The van der Waals surface area contributed by atoms with Crippen LogP contribution in [0.3, 0.4) is 0 Å². The number of carbonyl (C=O) groups excluding carboxylic acids is 1. The summed E-state index contributed by atoms with van der Waals surface area (Å²) in [4.78, 5) is 12.5. The van der Waals surface area contributed by atoms with Gasteiger partial charge in [-0.3, -0.25) is 4.79 Å². The van der Waals surface area contributed by atoms with E-state index >= 15 is 0 Å². The topological polar surface area (TPSA) is 113 Å². The average Bonchev–Trinajstić information content (AvgIpc) is 3.40. The maximum atomic E-state index is 12.5. The summed E-state index contributed by atoms with van der Waals surface area (Å²) in [6, 6.07) is 16.7. The fourth-order valence-electron chi connectivity index (χ4n) is 2.84. The molecule has 2 aromatic carbocycles. The number of anilines is 2. The fraction of sp³-hybridized carbons (Fsp3) is 0.100. The molecule has 9 nitrogen and oxygen atoms in total. The molecule has 0 fully saturated rings. The first-order chi connectivity index (χ1) is 14.1. The molecule has 9 heteroatoms. The molecule has 0 aliphatic carbocycles. The van der Waals surface area contributed by atoms with Crippen LogP contribution in [0.2, 0.25) is 0 Å². The van der Waals surface area contributed by atoms with Crippen molar-refractivity contribution in [2.24, 2.45) is 0 Å². The van der Waals surface area contributed by atoms with Gasteiger partial charge in [0.05, 0.1) is 19.3 Å². The Balaban J connectivity index is 1.47. The zero-order chi connectivity index (χ0) is 20.2. The standard InChI is InChI=1S/C20H19N7O2/c1-29-17-5-2-4-15(12-17)23-20(28)18-19(21)27(25-24-18)13-14-6-8-16(9-7-14)26-11-3-10-22-26/h2-12H,13,21H2,1H3,(H,23,28). The molecular weight excluding hydrogens is 370 g/mol. The summed E-state index contributed by atoms with van der Waals surface area (Å²) < 4.78 is 8.42. The Bertz CT molecular complexity index is 1120. The minimum atomic E-state index is -0.434. The van der Waals surface area contributed by atoms with E-state index in [0.29, 0.717) is 18.0 Å². The molecule has 2 heterocycles. The minimum Gasteiger partial charge on any atom is -0.497 e. The van der Waals surface area contributed by atoms with Gasteiger partial charge in [0, 0.05) is 24.1 Å². The second-order valence-electron chi connectivity index (χ2n) is 6.28. The third-order valence-corrected chi connectivity index (χ3v) is 4.35. The number of carbonyl (C=O) groups is 1. The number of nitrogens with two attached hydrogens (primary N) is 1. The maximum absolute atomic E-state index is 12.5. The molecule has 146 valence electrons. The van der Waals surface area contributed by atoms with Gasteiger partial charge in [0.2, 0.25) is 0 Å². The number of aromatic nitrogens is 5. The van der Waals surface area contributed by atoms with Crippen molar-refractivity contribution in [2.45, 2.75) is 6.54 Å². The SMILES string of the molecule is COc1cccc(NC(=O)c2nnn(Cc3ccc(-n4cccn4)cc3)c2N)c1. The summed E-state index contributed by atoms with van der Waals surface area (Å²) in [5.74, 6) is 0.399. The Hall–Kier alpha value is -4.14. The van der Waals surface area contributed by atoms with Crippen molar-refractivity contribution < 1.29 is 9.53 Å². The van der Waals surface area contributed by atoms with E-state index in [1.54, 1.807) is 42.3 Å². The van der Waals surface area contributed by atoms with Crippen LogP contribution in [-0.2, 0) is 6.54 Å². The third kappa shape index (κ3) is 3.93. The molecule has 0 radical (unpaired) electrons. The number of rotatable bonds is 6. The maximum Gasteiger partial charge on any atom is 0.280 e. The molecule has 0 unspecified atom stereocenters. The molecule has 0 aliphatic rings. The molecule has 29 heavy (non-hydrogen) atoms. The van der Waals surface area contributed by atoms with Crippen molar-refractivity contribution in [3.05, 3.63) is 78.2 Å². The quantitative estimate of drug-likeness (QED) is 0.523. The highest BCUT2D eigenvalue weighted by atomic mass is 16.5. The number of hydrogen-bond donors (Lipinski definition) is 2. The predicted molar refractivity (Wildman–Crippen MR) is 108 cm³/mol. The molecule has 1 amide bonds. The second kappa shape index (κ2) is 7.85. The van der Waals surface area contributed by atoms with Crippen LogP contribution in [0.1, 0.15) is 16.1 Å². The molecule has 3 N–H and O–H groups in total. The number of nitrogen functional groups attached to an aromatic ring is 1. The summed E-state index contributed by atoms with van der Waals surface area (Å²) in [6.07, 6.45) is 3.60. The van der Waals surface area contributed by atoms with E-state index in [0.717, 1.165) is 11.3 Å². The Morgan fingerprint density at radius 1 is 1.17 bits per heavy atom. The zero-order valence-corrected chi connectivity index (χ0v) is 15.7. The number of benzene rings is 2. The number of nitrogens with one attached hydrogen (secondary N) is 1. The van der Waals surface area contributed by atoms with E-state index in [9.17, 15) is 4.79 Å². The molecule has 0 spiro atoms. The normalized spacial score (nSPS) is 10.7. The van der Waals surface area contributed by atoms with Gasteiger partial charge in [0.15, 0.2) is 11.5 Å². The van der Waals surface area contributed by atoms with Crippen molar-refractivity contribution in [3.63, 3.8) is 0 Å². The first kappa shape index (κ1) is 18.2. The monoisotopic (exact) mass is 389 g/mol. The van der Waals surface area contributed by atoms with Gasteiger partial charge in [0.25, 0.3) is 5.91 Å². The van der Waals surface area contributed by atoms with Gasteiger partial charge in [-0.15, -0.1) is 5.10 Å². The van der Waals surface area contributed by atoms with Crippen LogP contribution < -0.4 is 15.8 Å². The van der Waals surface area contributed by atoms with Crippen molar-refractivity contribution >= 4 is 17.4 Å². The summed E-state index contributed by atoms with van der Waals surface area (Å²) in [5, 5.41) is 14.9. The van der Waals surface area contributed by atoms with E-state index in [1.165, 1.54) is 4.68 Å². The molecule has 2 aromatic heterocycles. The van der Waals surface area contributed by atoms with Crippen molar-refractivity contribution in [2.75, 3.05) is 18.2 Å². The summed E-state index contributed by atoms with van der Waals surface area (Å²) in [5.41, 5.74) is 8.68. The van der Waals surface area contributed by atoms with Gasteiger partial charge >= 0.3 is 0 Å². The summed E-state index contributed by atoms with van der Waals surface area (Å²) >= 11 is 0. The van der Waals surface area contributed by atoms with Crippen LogP contribution in [0.4, 0.5) is 11.5 Å². The minimum absolute atomic E-state index is 0.0704. The first-order valence-corrected chi connectivity index (χ1v) is 8.87. The molecule has 0 saturated heterocycles. The molecule has 0 aliphatic heterocycles. The Labute approximate surface area is 166 Å². The number of hydrogen-bond acceptors (Lipinski definition) is 6. The van der Waals surface area contributed by atoms with Crippen LogP contribution in [0, 0.1) is 0 Å². The van der Waals surface area contributed by atoms with E-state index in [1.807, 2.05) is 36.5 Å². The van der Waals surface area contributed by atoms with Crippen molar-refractivity contribution in [1.82, 2.24) is 24.8 Å². The van der Waals surface area contributed by atoms with E-state index in [4.69, 9.17) is 10.5 Å². The Kier molecular flexibility index (Phi) is 4.93. The number of amides is 1.